The third kappa shape index (κ3) is 3.39. The maximum atomic E-state index is 6.01. The lowest BCUT2D eigenvalue weighted by atomic mass is 10.2. The van der Waals surface area contributed by atoms with Crippen LogP contribution < -0.4 is 9.47 Å². The molecule has 1 aromatic carbocycles. The molecule has 1 aliphatic heterocycles. The van der Waals surface area contributed by atoms with Gasteiger partial charge in [0, 0.05) is 13.1 Å². The Morgan fingerprint density at radius 1 is 1.20 bits per heavy atom. The van der Waals surface area contributed by atoms with E-state index in [9.17, 15) is 0 Å². The third-order valence-corrected chi connectivity index (χ3v) is 4.16. The Kier molecular flexibility index (Phi) is 4.19. The van der Waals surface area contributed by atoms with E-state index in [4.69, 9.17) is 18.3 Å². The Labute approximate surface area is 146 Å². The van der Waals surface area contributed by atoms with Crippen LogP contribution in [0, 0.1) is 6.92 Å². The van der Waals surface area contributed by atoms with Crippen molar-refractivity contribution in [2.75, 3.05) is 20.2 Å². The highest BCUT2D eigenvalue weighted by atomic mass is 16.6. The van der Waals surface area contributed by atoms with Crippen LogP contribution in [0.15, 0.2) is 51.7 Å². The molecule has 0 radical (unpaired) electrons. The summed E-state index contributed by atoms with van der Waals surface area (Å²) in [6.07, 6.45) is 3.22. The summed E-state index contributed by atoms with van der Waals surface area (Å²) in [7, 11) is 2.04. The molecular formula is C19H20N2O4. The Balaban J connectivity index is 1.39. The highest BCUT2D eigenvalue weighted by Crippen LogP contribution is 2.31. The number of hydrogen-bond donors (Lipinski definition) is 0. The van der Waals surface area contributed by atoms with Crippen LogP contribution in [0.5, 0.6) is 11.5 Å². The molecule has 0 amide bonds. The van der Waals surface area contributed by atoms with Crippen LogP contribution in [0.4, 0.5) is 0 Å². The van der Waals surface area contributed by atoms with Gasteiger partial charge in [0.05, 0.1) is 17.5 Å². The minimum atomic E-state index is -0.0135. The van der Waals surface area contributed by atoms with Gasteiger partial charge in [-0.1, -0.05) is 12.1 Å². The van der Waals surface area contributed by atoms with Gasteiger partial charge in [-0.2, -0.15) is 0 Å². The lowest BCUT2D eigenvalue weighted by Crippen LogP contribution is -2.39. The first-order chi connectivity index (χ1) is 12.2. The van der Waals surface area contributed by atoms with Crippen molar-refractivity contribution in [3.63, 3.8) is 0 Å². The summed E-state index contributed by atoms with van der Waals surface area (Å²) in [6.45, 7) is 3.88. The summed E-state index contributed by atoms with van der Waals surface area (Å²) in [5, 5.41) is 0. The number of likely N-dealkylation sites (N-methyl/N-ethyl adjacent to an activating group) is 1. The van der Waals surface area contributed by atoms with Crippen molar-refractivity contribution < 1.29 is 18.3 Å². The van der Waals surface area contributed by atoms with Crippen molar-refractivity contribution in [2.24, 2.45) is 0 Å². The van der Waals surface area contributed by atoms with Gasteiger partial charge in [0.15, 0.2) is 11.5 Å². The molecule has 4 rings (SSSR count). The summed E-state index contributed by atoms with van der Waals surface area (Å²) in [5.74, 6) is 3.00. The van der Waals surface area contributed by atoms with E-state index in [-0.39, 0.29) is 6.10 Å². The zero-order chi connectivity index (χ0) is 17.2. The smallest absolute Gasteiger partial charge is 0.229 e. The number of benzene rings is 1. The second-order valence-electron chi connectivity index (χ2n) is 6.23. The summed E-state index contributed by atoms with van der Waals surface area (Å²) in [6, 6.07) is 9.58. The van der Waals surface area contributed by atoms with Crippen LogP contribution in [0.1, 0.15) is 11.5 Å². The van der Waals surface area contributed by atoms with E-state index >= 15 is 0 Å². The molecule has 0 bridgehead atoms. The fraction of sp³-hybridized carbons (Fsp3) is 0.316. The first-order valence-electron chi connectivity index (χ1n) is 8.25. The standard InChI is InChI=1S/C19H20N2O4/c1-13-16(20-19(24-13)14-7-8-22-11-14)10-21(2)9-15-12-23-17-5-3-4-6-18(17)25-15/h3-8,11,15H,9-10,12H2,1-2H3. The number of furan rings is 1. The fourth-order valence-corrected chi connectivity index (χ4v) is 2.91. The average Bonchev–Trinajstić information content (AvgIpc) is 3.25. The van der Waals surface area contributed by atoms with Gasteiger partial charge >= 0.3 is 0 Å². The maximum absolute atomic E-state index is 6.01. The number of ether oxygens (including phenoxy) is 2. The van der Waals surface area contributed by atoms with Crippen LogP contribution >= 0.6 is 0 Å². The van der Waals surface area contributed by atoms with Gasteiger partial charge in [0.2, 0.25) is 5.89 Å². The van der Waals surface area contributed by atoms with Crippen molar-refractivity contribution >= 4 is 0 Å². The summed E-state index contributed by atoms with van der Waals surface area (Å²) >= 11 is 0. The summed E-state index contributed by atoms with van der Waals surface area (Å²) in [5.41, 5.74) is 1.76. The fourth-order valence-electron chi connectivity index (χ4n) is 2.91. The molecule has 0 saturated heterocycles. The predicted molar refractivity (Wildman–Crippen MR) is 91.6 cm³/mol. The molecule has 1 unspecified atom stereocenters. The molecule has 0 aliphatic carbocycles. The van der Waals surface area contributed by atoms with Gasteiger partial charge in [0.1, 0.15) is 24.7 Å². The second-order valence-corrected chi connectivity index (χ2v) is 6.23. The highest BCUT2D eigenvalue weighted by Gasteiger charge is 2.23. The summed E-state index contributed by atoms with van der Waals surface area (Å²) in [4.78, 5) is 6.74. The number of aryl methyl sites for hydroxylation is 1. The molecule has 6 heteroatoms. The Morgan fingerprint density at radius 2 is 2.04 bits per heavy atom. The molecule has 0 N–H and O–H groups in total. The molecule has 0 spiro atoms. The number of oxazole rings is 1. The van der Waals surface area contributed by atoms with Gasteiger partial charge in [-0.15, -0.1) is 0 Å². The third-order valence-electron chi connectivity index (χ3n) is 4.16. The van der Waals surface area contributed by atoms with Crippen molar-refractivity contribution in [1.82, 2.24) is 9.88 Å². The largest absolute Gasteiger partial charge is 0.486 e. The molecule has 3 heterocycles. The normalized spacial score (nSPS) is 16.4. The number of hydrogen-bond acceptors (Lipinski definition) is 6. The Bertz CT molecular complexity index is 841. The predicted octanol–water partition coefficient (Wildman–Crippen LogP) is 3.51. The van der Waals surface area contributed by atoms with E-state index < -0.39 is 0 Å². The Hall–Kier alpha value is -2.73. The van der Waals surface area contributed by atoms with Crippen molar-refractivity contribution in [1.29, 1.82) is 0 Å². The molecule has 130 valence electrons. The molecule has 0 saturated carbocycles. The van der Waals surface area contributed by atoms with Crippen molar-refractivity contribution in [2.45, 2.75) is 19.6 Å². The number of rotatable bonds is 5. The number of nitrogens with zero attached hydrogens (tertiary/aromatic N) is 2. The topological polar surface area (TPSA) is 60.9 Å². The van der Waals surface area contributed by atoms with E-state index in [1.54, 1.807) is 12.5 Å². The lowest BCUT2D eigenvalue weighted by molar-refractivity contribution is 0.0634. The van der Waals surface area contributed by atoms with Gasteiger partial charge in [-0.3, -0.25) is 4.90 Å². The molecular weight excluding hydrogens is 320 g/mol. The van der Waals surface area contributed by atoms with Crippen molar-refractivity contribution in [3.05, 3.63) is 54.3 Å². The van der Waals surface area contributed by atoms with E-state index in [1.165, 1.54) is 0 Å². The molecule has 0 fully saturated rings. The number of fused-ring (bicyclic) bond motifs is 1. The van der Waals surface area contributed by atoms with Gasteiger partial charge in [-0.25, -0.2) is 4.98 Å². The highest BCUT2D eigenvalue weighted by molar-refractivity contribution is 5.51. The number of aromatic nitrogens is 1. The minimum absolute atomic E-state index is 0.0135. The zero-order valence-electron chi connectivity index (χ0n) is 14.3. The maximum Gasteiger partial charge on any atom is 0.229 e. The zero-order valence-corrected chi connectivity index (χ0v) is 14.3. The Morgan fingerprint density at radius 3 is 2.84 bits per heavy atom. The van der Waals surface area contributed by atoms with E-state index in [0.29, 0.717) is 19.0 Å². The molecule has 1 atom stereocenters. The first-order valence-corrected chi connectivity index (χ1v) is 8.25. The molecule has 1 aliphatic rings. The van der Waals surface area contributed by atoms with Gasteiger partial charge < -0.3 is 18.3 Å². The van der Waals surface area contributed by atoms with Crippen LogP contribution in [0.2, 0.25) is 0 Å². The SMILES string of the molecule is Cc1oc(-c2ccoc2)nc1CN(C)CC1COc2ccccc2O1. The van der Waals surface area contributed by atoms with Crippen LogP contribution in [-0.4, -0.2) is 36.2 Å². The quantitative estimate of drug-likeness (QED) is 0.708. The van der Waals surface area contributed by atoms with Crippen molar-refractivity contribution in [3.8, 4) is 23.0 Å². The van der Waals surface area contributed by atoms with E-state index in [2.05, 4.69) is 9.88 Å². The van der Waals surface area contributed by atoms with E-state index in [0.717, 1.165) is 35.1 Å². The number of para-hydroxylation sites is 2. The first kappa shape index (κ1) is 15.8. The van der Waals surface area contributed by atoms with Gasteiger partial charge in [0.25, 0.3) is 0 Å². The van der Waals surface area contributed by atoms with Crippen LogP contribution in [0.25, 0.3) is 11.5 Å². The van der Waals surface area contributed by atoms with Crippen LogP contribution in [0.3, 0.4) is 0 Å². The molecule has 25 heavy (non-hydrogen) atoms. The lowest BCUT2D eigenvalue weighted by Gasteiger charge is -2.29. The van der Waals surface area contributed by atoms with Gasteiger partial charge in [-0.05, 0) is 32.2 Å². The monoisotopic (exact) mass is 340 g/mol. The molecule has 2 aromatic heterocycles. The van der Waals surface area contributed by atoms with E-state index in [1.807, 2.05) is 44.3 Å². The minimum Gasteiger partial charge on any atom is -0.486 e. The summed E-state index contributed by atoms with van der Waals surface area (Å²) < 4.78 is 22.6. The second kappa shape index (κ2) is 6.64. The van der Waals surface area contributed by atoms with Crippen LogP contribution in [-0.2, 0) is 6.54 Å². The molecule has 3 aromatic rings. The average molecular weight is 340 g/mol. The molecule has 6 nitrogen and oxygen atoms in total.